The molecule has 0 saturated carbocycles. The van der Waals surface area contributed by atoms with Gasteiger partial charge in [0.1, 0.15) is 11.9 Å². The van der Waals surface area contributed by atoms with Gasteiger partial charge in [0.15, 0.2) is 5.78 Å². The highest BCUT2D eigenvalue weighted by atomic mass is 16.5. The fraction of sp³-hybridized carbons (Fsp3) is 0.167. The molecule has 1 aromatic heterocycles. The number of H-pyrrole nitrogens is 1. The van der Waals surface area contributed by atoms with Gasteiger partial charge in [-0.1, -0.05) is 12.1 Å². The van der Waals surface area contributed by atoms with Crippen molar-refractivity contribution in [3.05, 3.63) is 54.1 Å². The Bertz CT molecular complexity index is 920. The molecule has 1 atom stereocenters. The van der Waals surface area contributed by atoms with E-state index in [1.54, 1.807) is 55.5 Å². The summed E-state index contributed by atoms with van der Waals surface area (Å²) < 4.78 is 5.59. The molecule has 0 bridgehead atoms. The summed E-state index contributed by atoms with van der Waals surface area (Å²) in [6.07, 6.45) is -0.771. The van der Waals surface area contributed by atoms with Gasteiger partial charge in [-0.15, -0.1) is 10.2 Å². The Morgan fingerprint density at radius 2 is 2.00 bits per heavy atom. The molecule has 0 radical (unpaired) electrons. The number of carbonyl (C=O) groups is 1. The number of carbonyl (C=O) groups excluding carboxylic acids is 1. The van der Waals surface area contributed by atoms with Gasteiger partial charge in [0, 0.05) is 17.0 Å². The first-order chi connectivity index (χ1) is 12.5. The Balaban J connectivity index is 1.72. The number of ether oxygens (including phenoxy) is 1. The zero-order valence-electron chi connectivity index (χ0n) is 14.2. The lowest BCUT2D eigenvalue weighted by Gasteiger charge is -2.20. The molecule has 0 amide bonds. The van der Waals surface area contributed by atoms with Crippen LogP contribution in [0.2, 0.25) is 0 Å². The van der Waals surface area contributed by atoms with Crippen molar-refractivity contribution in [1.29, 1.82) is 0 Å². The monoisotopic (exact) mass is 350 g/mol. The second-order valence-electron chi connectivity index (χ2n) is 5.58. The van der Waals surface area contributed by atoms with Gasteiger partial charge in [-0.05, 0) is 55.5 Å². The van der Waals surface area contributed by atoms with E-state index in [0.29, 0.717) is 28.4 Å². The second kappa shape index (κ2) is 7.56. The molecule has 0 aliphatic carbocycles. The van der Waals surface area contributed by atoms with Crippen molar-refractivity contribution in [3.63, 3.8) is 0 Å². The van der Waals surface area contributed by atoms with Gasteiger partial charge in [-0.2, -0.15) is 5.21 Å². The lowest BCUT2D eigenvalue weighted by atomic mass is 10.1. The fourth-order valence-electron chi connectivity index (χ4n) is 2.24. The largest absolute Gasteiger partial charge is 0.859 e. The third-order valence-electron chi connectivity index (χ3n) is 3.61. The van der Waals surface area contributed by atoms with Crippen LogP contribution in [0.3, 0.4) is 0 Å². The van der Waals surface area contributed by atoms with E-state index in [-0.39, 0.29) is 5.78 Å². The van der Waals surface area contributed by atoms with Crippen molar-refractivity contribution in [1.82, 2.24) is 20.6 Å². The van der Waals surface area contributed by atoms with Gasteiger partial charge < -0.3 is 9.84 Å². The fourth-order valence-corrected chi connectivity index (χ4v) is 2.24. The summed E-state index contributed by atoms with van der Waals surface area (Å²) >= 11 is 0. The molecule has 26 heavy (non-hydrogen) atoms. The van der Waals surface area contributed by atoms with E-state index >= 15 is 0 Å². The zero-order chi connectivity index (χ0) is 18.5. The maximum atomic E-state index is 12.3. The molecule has 3 rings (SSSR count). The molecule has 8 nitrogen and oxygen atoms in total. The van der Waals surface area contributed by atoms with Crippen LogP contribution in [0.1, 0.15) is 24.2 Å². The van der Waals surface area contributed by atoms with Crippen LogP contribution in [-0.4, -0.2) is 38.4 Å². The van der Waals surface area contributed by atoms with Crippen molar-refractivity contribution in [2.75, 3.05) is 0 Å². The minimum Gasteiger partial charge on any atom is -0.859 e. The number of tetrazole rings is 1. The average molecular weight is 350 g/mol. The van der Waals surface area contributed by atoms with Crippen LogP contribution in [0.15, 0.2) is 53.5 Å². The number of ketones is 1. The van der Waals surface area contributed by atoms with Crippen LogP contribution >= 0.6 is 0 Å². The minimum absolute atomic E-state index is 0.0304. The highest BCUT2D eigenvalue weighted by molar-refractivity contribution is 5.94. The summed E-state index contributed by atoms with van der Waals surface area (Å²) in [4.78, 5) is 15.3. The molecule has 132 valence electrons. The van der Waals surface area contributed by atoms with Crippen molar-refractivity contribution >= 4 is 17.4 Å². The Kier molecular flexibility index (Phi) is 5.02. The summed E-state index contributed by atoms with van der Waals surface area (Å²) in [5, 5.41) is 26.0. The average Bonchev–Trinajstić information content (AvgIpc) is 3.17. The second-order valence-corrected chi connectivity index (χ2v) is 5.58. The zero-order valence-corrected chi connectivity index (χ0v) is 14.2. The van der Waals surface area contributed by atoms with E-state index in [1.807, 2.05) is 0 Å². The standard InChI is InChI=1S/C18H17N5O3/c1-11(24)13-6-8-16(9-7-13)26-12(2)18(25)19-15-5-3-4-14(10-15)17-20-22-23-21-17/h3-10,12H,1-2H3,(H,19,25)(H,20,21,22,23)/p-1/t12-/m1/s1. The number of aromatic nitrogens is 4. The van der Waals surface area contributed by atoms with E-state index in [1.165, 1.54) is 6.92 Å². The van der Waals surface area contributed by atoms with Crippen LogP contribution < -0.4 is 9.84 Å². The molecule has 1 heterocycles. The predicted octanol–water partition coefficient (Wildman–Crippen LogP) is 1.93. The van der Waals surface area contributed by atoms with E-state index in [2.05, 4.69) is 25.6 Å². The molecule has 1 N–H and O–H groups in total. The molecule has 0 saturated heterocycles. The third-order valence-corrected chi connectivity index (χ3v) is 3.61. The van der Waals surface area contributed by atoms with Gasteiger partial charge >= 0.3 is 0 Å². The maximum absolute atomic E-state index is 12.3. The molecule has 0 spiro atoms. The quantitative estimate of drug-likeness (QED) is 0.412. The van der Waals surface area contributed by atoms with Gasteiger partial charge in [-0.3, -0.25) is 9.79 Å². The molecule has 0 unspecified atom stereocenters. The number of benzene rings is 2. The van der Waals surface area contributed by atoms with Gasteiger partial charge in [-0.25, -0.2) is 0 Å². The molecule has 8 heteroatoms. The first-order valence-corrected chi connectivity index (χ1v) is 7.90. The van der Waals surface area contributed by atoms with Gasteiger partial charge in [0.25, 0.3) is 0 Å². The summed E-state index contributed by atoms with van der Waals surface area (Å²) in [5.74, 6) is 0.457. The van der Waals surface area contributed by atoms with Crippen molar-refractivity contribution in [3.8, 4) is 17.1 Å². The number of aromatic amines is 1. The third kappa shape index (κ3) is 4.10. The number of rotatable bonds is 6. The first-order valence-electron chi connectivity index (χ1n) is 7.90. The van der Waals surface area contributed by atoms with Crippen LogP contribution in [0.5, 0.6) is 5.75 Å². The number of aliphatic imine (C=N–C) groups is 1. The molecular weight excluding hydrogens is 334 g/mol. The molecule has 0 aliphatic heterocycles. The summed E-state index contributed by atoms with van der Waals surface area (Å²) in [6, 6.07) is 13.6. The smallest absolute Gasteiger partial charge is 0.204 e. The molecular formula is C18H16N5O3-. The molecule has 2 aromatic carbocycles. The predicted molar refractivity (Wildman–Crippen MR) is 93.2 cm³/mol. The van der Waals surface area contributed by atoms with Gasteiger partial charge in [0.2, 0.25) is 5.82 Å². The van der Waals surface area contributed by atoms with E-state index in [4.69, 9.17) is 4.74 Å². The van der Waals surface area contributed by atoms with Crippen LogP contribution in [-0.2, 0) is 0 Å². The van der Waals surface area contributed by atoms with Crippen molar-refractivity contribution < 1.29 is 14.6 Å². The normalized spacial score (nSPS) is 12.6. The summed E-state index contributed by atoms with van der Waals surface area (Å²) in [6.45, 7) is 3.11. The minimum atomic E-state index is -0.771. The highest BCUT2D eigenvalue weighted by Gasteiger charge is 2.07. The number of Topliss-reactive ketones (excluding diaryl/α,β-unsaturated/α-hetero) is 1. The Morgan fingerprint density at radius 3 is 2.65 bits per heavy atom. The highest BCUT2D eigenvalue weighted by Crippen LogP contribution is 2.21. The Labute approximate surface area is 149 Å². The molecule has 3 aromatic rings. The van der Waals surface area contributed by atoms with Crippen LogP contribution in [0, 0.1) is 0 Å². The van der Waals surface area contributed by atoms with Crippen molar-refractivity contribution in [2.24, 2.45) is 4.99 Å². The van der Waals surface area contributed by atoms with Crippen LogP contribution in [0.25, 0.3) is 11.4 Å². The molecule has 0 aliphatic rings. The van der Waals surface area contributed by atoms with Crippen LogP contribution in [0.4, 0.5) is 5.69 Å². The van der Waals surface area contributed by atoms with E-state index in [9.17, 15) is 9.90 Å². The number of hydrogen-bond donors (Lipinski definition) is 1. The van der Waals surface area contributed by atoms with Crippen molar-refractivity contribution in [2.45, 2.75) is 20.0 Å². The van der Waals surface area contributed by atoms with Gasteiger partial charge in [0.05, 0.1) is 5.69 Å². The summed E-state index contributed by atoms with van der Waals surface area (Å²) in [7, 11) is 0. The lowest BCUT2D eigenvalue weighted by Crippen LogP contribution is -2.34. The number of nitrogens with one attached hydrogen (secondary N) is 1. The lowest BCUT2D eigenvalue weighted by molar-refractivity contribution is -0.225. The Morgan fingerprint density at radius 1 is 1.23 bits per heavy atom. The Hall–Kier alpha value is -3.55. The number of hydrogen-bond acceptors (Lipinski definition) is 7. The maximum Gasteiger partial charge on any atom is 0.204 e. The SMILES string of the molecule is CC(=O)c1ccc(O[C@H](C)C([O-])=Nc2cccc(-c3nn[nH]n3)c2)cc1. The molecule has 0 fully saturated rings. The van der Waals surface area contributed by atoms with E-state index in [0.717, 1.165) is 0 Å². The van der Waals surface area contributed by atoms with E-state index < -0.39 is 12.0 Å². The number of nitrogens with zero attached hydrogens (tertiary/aromatic N) is 4. The first kappa shape index (κ1) is 17.3. The topological polar surface area (TPSA) is 116 Å². The summed E-state index contributed by atoms with van der Waals surface area (Å²) in [5.41, 5.74) is 1.75.